The summed E-state index contributed by atoms with van der Waals surface area (Å²) in [7, 11) is 0. The highest BCUT2D eigenvalue weighted by atomic mass is 19.4. The van der Waals surface area contributed by atoms with Crippen LogP contribution in [0.3, 0.4) is 0 Å². The maximum absolute atomic E-state index is 12.0. The number of alkyl halides is 3. The average Bonchev–Trinajstić information content (AvgIpc) is 2.50. The molecule has 0 saturated carbocycles. The molecule has 1 heterocycles. The Kier molecular flexibility index (Phi) is 2.63. The molecule has 0 fully saturated rings. The summed E-state index contributed by atoms with van der Waals surface area (Å²) in [4.78, 5) is 4.30. The number of rotatable bonds is 2. The van der Waals surface area contributed by atoms with Crippen molar-refractivity contribution in [2.24, 2.45) is 5.90 Å². The summed E-state index contributed by atoms with van der Waals surface area (Å²) in [5.41, 5.74) is 0. The minimum Gasteiger partial charge on any atom is -0.454 e. The molecule has 0 aromatic carbocycles. The van der Waals surface area contributed by atoms with Crippen molar-refractivity contribution >= 4 is 0 Å². The van der Waals surface area contributed by atoms with E-state index in [9.17, 15) is 13.2 Å². The van der Waals surface area contributed by atoms with Gasteiger partial charge in [-0.3, -0.25) is 4.84 Å². The molecule has 74 valence electrons. The molecule has 0 aliphatic carbocycles. The zero-order valence-corrected chi connectivity index (χ0v) is 6.76. The third-order valence-electron chi connectivity index (χ3n) is 1.51. The molecule has 1 aromatic rings. The van der Waals surface area contributed by atoms with Gasteiger partial charge in [-0.25, -0.2) is 5.90 Å². The molecule has 1 atom stereocenters. The molecule has 0 amide bonds. The van der Waals surface area contributed by atoms with Gasteiger partial charge in [-0.15, -0.1) is 0 Å². The molecular weight excluding hydrogens is 187 g/mol. The zero-order valence-electron chi connectivity index (χ0n) is 6.76. The molecule has 0 aliphatic rings. The van der Waals surface area contributed by atoms with Crippen LogP contribution in [-0.4, -0.2) is 0 Å². The quantitative estimate of drug-likeness (QED) is 0.736. The number of halogens is 3. The van der Waals surface area contributed by atoms with Crippen molar-refractivity contribution in [3.05, 3.63) is 23.7 Å². The van der Waals surface area contributed by atoms with Crippen molar-refractivity contribution in [3.8, 4) is 0 Å². The van der Waals surface area contributed by atoms with Gasteiger partial charge in [0.25, 0.3) is 0 Å². The van der Waals surface area contributed by atoms with Gasteiger partial charge in [-0.05, 0) is 19.1 Å². The SMILES string of the molecule is CC(ON)c1ccc(C(F)(F)F)o1. The van der Waals surface area contributed by atoms with Gasteiger partial charge < -0.3 is 4.42 Å². The van der Waals surface area contributed by atoms with E-state index in [1.54, 1.807) is 0 Å². The molecule has 0 aliphatic heterocycles. The van der Waals surface area contributed by atoms with Crippen LogP contribution in [0, 0.1) is 0 Å². The van der Waals surface area contributed by atoms with E-state index in [0.717, 1.165) is 6.07 Å². The molecule has 1 rings (SSSR count). The summed E-state index contributed by atoms with van der Waals surface area (Å²) in [6.07, 6.45) is -5.15. The van der Waals surface area contributed by atoms with Crippen LogP contribution >= 0.6 is 0 Å². The van der Waals surface area contributed by atoms with E-state index in [1.807, 2.05) is 0 Å². The van der Waals surface area contributed by atoms with E-state index in [2.05, 4.69) is 9.25 Å². The lowest BCUT2D eigenvalue weighted by atomic mass is 10.3. The third-order valence-corrected chi connectivity index (χ3v) is 1.51. The maximum Gasteiger partial charge on any atom is 0.449 e. The van der Waals surface area contributed by atoms with Crippen LogP contribution in [0.2, 0.25) is 0 Å². The van der Waals surface area contributed by atoms with Crippen LogP contribution < -0.4 is 5.90 Å². The van der Waals surface area contributed by atoms with E-state index < -0.39 is 18.0 Å². The number of hydrogen-bond acceptors (Lipinski definition) is 3. The zero-order chi connectivity index (χ0) is 10.1. The van der Waals surface area contributed by atoms with Gasteiger partial charge in [0.15, 0.2) is 0 Å². The van der Waals surface area contributed by atoms with Gasteiger partial charge in [0.05, 0.1) is 0 Å². The molecule has 1 aromatic heterocycles. The van der Waals surface area contributed by atoms with Gasteiger partial charge >= 0.3 is 6.18 Å². The summed E-state index contributed by atoms with van der Waals surface area (Å²) in [5, 5.41) is 0. The normalized spacial score (nSPS) is 14.5. The van der Waals surface area contributed by atoms with E-state index in [0.29, 0.717) is 0 Å². The summed E-state index contributed by atoms with van der Waals surface area (Å²) < 4.78 is 40.5. The molecule has 2 N–H and O–H groups in total. The van der Waals surface area contributed by atoms with Crippen LogP contribution in [0.5, 0.6) is 0 Å². The third kappa shape index (κ3) is 2.22. The summed E-state index contributed by atoms with van der Waals surface area (Å²) in [6.45, 7) is 1.49. The van der Waals surface area contributed by atoms with Crippen molar-refractivity contribution in [2.45, 2.75) is 19.2 Å². The second-order valence-electron chi connectivity index (χ2n) is 2.48. The Morgan fingerprint density at radius 1 is 1.46 bits per heavy atom. The van der Waals surface area contributed by atoms with Gasteiger partial charge in [0, 0.05) is 0 Å². The van der Waals surface area contributed by atoms with Crippen LogP contribution in [0.4, 0.5) is 13.2 Å². The van der Waals surface area contributed by atoms with E-state index >= 15 is 0 Å². The minimum absolute atomic E-state index is 0.0508. The Morgan fingerprint density at radius 2 is 2.08 bits per heavy atom. The van der Waals surface area contributed by atoms with Gasteiger partial charge in [-0.1, -0.05) is 0 Å². The van der Waals surface area contributed by atoms with Crippen molar-refractivity contribution in [1.82, 2.24) is 0 Å². The predicted octanol–water partition coefficient (Wildman–Crippen LogP) is 2.25. The van der Waals surface area contributed by atoms with Crippen LogP contribution in [0.15, 0.2) is 16.5 Å². The summed E-state index contributed by atoms with van der Waals surface area (Å²) >= 11 is 0. The molecule has 0 bridgehead atoms. The average molecular weight is 195 g/mol. The minimum atomic E-state index is -4.47. The van der Waals surface area contributed by atoms with E-state index in [1.165, 1.54) is 13.0 Å². The molecule has 1 unspecified atom stereocenters. The fourth-order valence-electron chi connectivity index (χ4n) is 0.791. The van der Waals surface area contributed by atoms with Gasteiger partial charge in [-0.2, -0.15) is 13.2 Å². The molecule has 0 spiro atoms. The highest BCUT2D eigenvalue weighted by molar-refractivity contribution is 5.11. The Balaban J connectivity index is 2.87. The second kappa shape index (κ2) is 3.39. The fourth-order valence-corrected chi connectivity index (χ4v) is 0.791. The van der Waals surface area contributed by atoms with Crippen molar-refractivity contribution < 1.29 is 22.4 Å². The second-order valence-corrected chi connectivity index (χ2v) is 2.48. The largest absolute Gasteiger partial charge is 0.454 e. The molecule has 6 heteroatoms. The van der Waals surface area contributed by atoms with Crippen LogP contribution in [0.1, 0.15) is 24.5 Å². The van der Waals surface area contributed by atoms with E-state index in [-0.39, 0.29) is 5.76 Å². The van der Waals surface area contributed by atoms with Crippen molar-refractivity contribution in [2.75, 3.05) is 0 Å². The Hall–Kier alpha value is -1.01. The summed E-state index contributed by atoms with van der Waals surface area (Å²) in [6, 6.07) is 2.02. The van der Waals surface area contributed by atoms with Crippen LogP contribution in [-0.2, 0) is 11.0 Å². The van der Waals surface area contributed by atoms with Gasteiger partial charge in [0.1, 0.15) is 11.9 Å². The number of hydrogen-bond donors (Lipinski definition) is 1. The highest BCUT2D eigenvalue weighted by Crippen LogP contribution is 2.32. The number of furan rings is 1. The van der Waals surface area contributed by atoms with E-state index in [4.69, 9.17) is 5.90 Å². The molecule has 0 radical (unpaired) electrons. The van der Waals surface area contributed by atoms with Crippen molar-refractivity contribution in [1.29, 1.82) is 0 Å². The Labute approximate surface area is 72.2 Å². The standard InChI is InChI=1S/C7H8F3NO2/c1-4(13-11)5-2-3-6(12-5)7(8,9)10/h2-4H,11H2,1H3. The first-order chi connectivity index (χ1) is 5.95. The molecule has 3 nitrogen and oxygen atoms in total. The smallest absolute Gasteiger partial charge is 0.449 e. The molecule has 0 saturated heterocycles. The molecular formula is C7H8F3NO2. The lowest BCUT2D eigenvalue weighted by Crippen LogP contribution is -2.05. The molecule has 13 heavy (non-hydrogen) atoms. The highest BCUT2D eigenvalue weighted by Gasteiger charge is 2.35. The van der Waals surface area contributed by atoms with Crippen LogP contribution in [0.25, 0.3) is 0 Å². The monoisotopic (exact) mass is 195 g/mol. The van der Waals surface area contributed by atoms with Crippen molar-refractivity contribution in [3.63, 3.8) is 0 Å². The first kappa shape index (κ1) is 10.1. The fraction of sp³-hybridized carbons (Fsp3) is 0.429. The lowest BCUT2D eigenvalue weighted by molar-refractivity contribution is -0.154. The summed E-state index contributed by atoms with van der Waals surface area (Å²) in [5.74, 6) is 3.78. The van der Waals surface area contributed by atoms with Gasteiger partial charge in [0.2, 0.25) is 5.76 Å². The lowest BCUT2D eigenvalue weighted by Gasteiger charge is -2.05. The predicted molar refractivity (Wildman–Crippen MR) is 37.4 cm³/mol. The Bertz CT molecular complexity index is 282. The first-order valence-corrected chi connectivity index (χ1v) is 3.47. The number of nitrogens with two attached hydrogens (primary N) is 1. The maximum atomic E-state index is 12.0. The topological polar surface area (TPSA) is 48.4 Å². The first-order valence-electron chi connectivity index (χ1n) is 3.47. The Morgan fingerprint density at radius 3 is 2.46 bits per heavy atom.